The lowest BCUT2D eigenvalue weighted by atomic mass is 10.0. The van der Waals surface area contributed by atoms with Crippen LogP contribution in [-0.4, -0.2) is 73.5 Å². The summed E-state index contributed by atoms with van der Waals surface area (Å²) in [7, 11) is 0. The fourth-order valence-electron chi connectivity index (χ4n) is 7.57. The van der Waals surface area contributed by atoms with Gasteiger partial charge in [0.05, 0.1) is 6.54 Å². The van der Waals surface area contributed by atoms with E-state index in [1.54, 1.807) is 0 Å². The number of carbonyl (C=O) groups is 2. The van der Waals surface area contributed by atoms with Gasteiger partial charge in [-0.2, -0.15) is 0 Å². The molecule has 3 aliphatic heterocycles. The number of hydrogen-bond donors (Lipinski definition) is 1. The maximum atomic E-state index is 13.3. The minimum absolute atomic E-state index is 0.181. The van der Waals surface area contributed by atoms with Crippen molar-refractivity contribution in [2.24, 2.45) is 17.8 Å². The molecule has 2 aromatic rings. The number of carbonyl (C=O) groups excluding carboxylic acids is 2. The predicted molar refractivity (Wildman–Crippen MR) is 151 cm³/mol. The van der Waals surface area contributed by atoms with Crippen LogP contribution in [0.5, 0.6) is 0 Å². The maximum Gasteiger partial charge on any atom is 0.254 e. The summed E-state index contributed by atoms with van der Waals surface area (Å²) >= 11 is 0. The van der Waals surface area contributed by atoms with Crippen molar-refractivity contribution in [2.45, 2.75) is 52.0 Å². The molecule has 4 fully saturated rings. The second kappa shape index (κ2) is 10.7. The zero-order chi connectivity index (χ0) is 26.2. The van der Waals surface area contributed by atoms with Crippen molar-refractivity contribution in [2.75, 3.05) is 50.7 Å². The van der Waals surface area contributed by atoms with Gasteiger partial charge in [0, 0.05) is 68.4 Å². The Morgan fingerprint density at radius 3 is 2.34 bits per heavy atom. The van der Waals surface area contributed by atoms with Gasteiger partial charge in [0.15, 0.2) is 0 Å². The van der Waals surface area contributed by atoms with E-state index in [1.807, 2.05) is 32.0 Å². The Bertz CT molecular complexity index is 1160. The lowest BCUT2D eigenvalue weighted by Crippen LogP contribution is -2.41. The monoisotopic (exact) mass is 514 g/mol. The summed E-state index contributed by atoms with van der Waals surface area (Å²) in [5, 5.41) is 3.14. The Morgan fingerprint density at radius 2 is 1.66 bits per heavy atom. The first-order valence-electron chi connectivity index (χ1n) is 14.6. The lowest BCUT2D eigenvalue weighted by Gasteiger charge is -2.25. The highest BCUT2D eigenvalue weighted by molar-refractivity contribution is 5.97. The van der Waals surface area contributed by atoms with Crippen LogP contribution in [0.3, 0.4) is 0 Å². The van der Waals surface area contributed by atoms with Crippen molar-refractivity contribution in [3.05, 3.63) is 64.7 Å². The molecule has 4 atom stereocenters. The molecule has 6 rings (SSSR count). The molecule has 1 aliphatic carbocycles. The van der Waals surface area contributed by atoms with Crippen molar-refractivity contribution in [1.29, 1.82) is 0 Å². The van der Waals surface area contributed by atoms with E-state index in [4.69, 9.17) is 0 Å². The van der Waals surface area contributed by atoms with Crippen LogP contribution < -0.4 is 10.2 Å². The molecular formula is C32H42N4O2. The van der Waals surface area contributed by atoms with E-state index in [0.29, 0.717) is 24.4 Å². The van der Waals surface area contributed by atoms with E-state index >= 15 is 0 Å². The van der Waals surface area contributed by atoms with Gasteiger partial charge >= 0.3 is 0 Å². The molecule has 2 aromatic carbocycles. The molecule has 0 radical (unpaired) electrons. The van der Waals surface area contributed by atoms with Crippen LogP contribution in [0.1, 0.15) is 52.7 Å². The highest BCUT2D eigenvalue weighted by Gasteiger charge is 2.42. The van der Waals surface area contributed by atoms with Gasteiger partial charge in [0.1, 0.15) is 0 Å². The van der Waals surface area contributed by atoms with Crippen LogP contribution in [0, 0.1) is 31.6 Å². The molecule has 1 N–H and O–H groups in total. The fraction of sp³-hybridized carbons (Fsp3) is 0.562. The molecule has 3 saturated heterocycles. The molecule has 6 nitrogen and oxygen atoms in total. The van der Waals surface area contributed by atoms with Crippen LogP contribution in [-0.2, 0) is 11.2 Å². The topological polar surface area (TPSA) is 55.9 Å². The minimum Gasteiger partial charge on any atom is -0.371 e. The fourth-order valence-corrected chi connectivity index (χ4v) is 7.57. The first kappa shape index (κ1) is 25.4. The summed E-state index contributed by atoms with van der Waals surface area (Å²) in [6, 6.07) is 15.7. The van der Waals surface area contributed by atoms with E-state index in [9.17, 15) is 9.59 Å². The number of hydrogen-bond acceptors (Lipinski definition) is 4. The zero-order valence-electron chi connectivity index (χ0n) is 23.0. The number of fused-ring (bicyclic) bond motifs is 3. The molecule has 38 heavy (non-hydrogen) atoms. The van der Waals surface area contributed by atoms with Gasteiger partial charge in [-0.1, -0.05) is 30.3 Å². The molecular weight excluding hydrogens is 472 g/mol. The molecule has 1 saturated carbocycles. The maximum absolute atomic E-state index is 13.3. The van der Waals surface area contributed by atoms with Gasteiger partial charge < -0.3 is 15.1 Å². The molecule has 202 valence electrons. The number of aryl methyl sites for hydroxylation is 3. The Balaban J connectivity index is 0.961. The standard InChI is InChI=1S/C32H42N4O2/c1-22-6-3-7-23(2)31(22)32(38)36-19-26-17-35(18-27(26)20-36)28-10-4-8-24(14-28)9-5-13-33-30(37)21-34-16-25-11-12-29(34)15-25/h3-4,6-8,10,14,25-27,29H,5,9,11-13,15-21H2,1-2H3,(H,33,37). The lowest BCUT2D eigenvalue weighted by molar-refractivity contribution is -0.122. The second-order valence-corrected chi connectivity index (χ2v) is 12.3. The molecule has 0 spiro atoms. The van der Waals surface area contributed by atoms with Gasteiger partial charge in [-0.25, -0.2) is 0 Å². The summed E-state index contributed by atoms with van der Waals surface area (Å²) < 4.78 is 0. The van der Waals surface area contributed by atoms with Crippen molar-refractivity contribution in [1.82, 2.24) is 15.1 Å². The van der Waals surface area contributed by atoms with Gasteiger partial charge in [0.2, 0.25) is 5.91 Å². The van der Waals surface area contributed by atoms with Gasteiger partial charge in [-0.15, -0.1) is 0 Å². The summed E-state index contributed by atoms with van der Waals surface area (Å²) in [5.74, 6) is 2.28. The SMILES string of the molecule is Cc1cccc(C)c1C(=O)N1CC2CN(c3cccc(CCCNC(=O)CN4CC5CCC4C5)c3)CC2C1. The predicted octanol–water partition coefficient (Wildman–Crippen LogP) is 4.04. The van der Waals surface area contributed by atoms with Gasteiger partial charge in [0.25, 0.3) is 5.91 Å². The van der Waals surface area contributed by atoms with Crippen LogP contribution in [0.2, 0.25) is 0 Å². The Morgan fingerprint density at radius 1 is 0.921 bits per heavy atom. The van der Waals surface area contributed by atoms with Crippen molar-refractivity contribution in [3.63, 3.8) is 0 Å². The summed E-state index contributed by atoms with van der Waals surface area (Å²) in [6.45, 7) is 10.2. The van der Waals surface area contributed by atoms with E-state index in [2.05, 4.69) is 44.3 Å². The van der Waals surface area contributed by atoms with E-state index in [1.165, 1.54) is 30.5 Å². The molecule has 4 aliphatic rings. The Hall–Kier alpha value is -2.86. The molecule has 2 bridgehead atoms. The van der Waals surface area contributed by atoms with Gasteiger partial charge in [-0.3, -0.25) is 14.5 Å². The summed E-state index contributed by atoms with van der Waals surface area (Å²) in [4.78, 5) is 32.7. The van der Waals surface area contributed by atoms with E-state index in [0.717, 1.165) is 74.7 Å². The van der Waals surface area contributed by atoms with E-state index < -0.39 is 0 Å². The summed E-state index contributed by atoms with van der Waals surface area (Å²) in [6.07, 6.45) is 5.86. The number of piperidine rings is 1. The normalized spacial score (nSPS) is 26.3. The third-order valence-corrected chi connectivity index (χ3v) is 9.58. The zero-order valence-corrected chi connectivity index (χ0v) is 23.0. The van der Waals surface area contributed by atoms with E-state index in [-0.39, 0.29) is 11.8 Å². The van der Waals surface area contributed by atoms with Gasteiger partial charge in [-0.05, 0) is 80.7 Å². The number of anilines is 1. The number of amides is 2. The first-order valence-corrected chi connectivity index (χ1v) is 14.6. The molecule has 0 aromatic heterocycles. The van der Waals surface area contributed by atoms with Crippen LogP contribution >= 0.6 is 0 Å². The van der Waals surface area contributed by atoms with Crippen LogP contribution in [0.15, 0.2) is 42.5 Å². The van der Waals surface area contributed by atoms with Crippen LogP contribution in [0.25, 0.3) is 0 Å². The quantitative estimate of drug-likeness (QED) is 0.540. The molecule has 4 unspecified atom stereocenters. The van der Waals surface area contributed by atoms with Crippen molar-refractivity contribution >= 4 is 17.5 Å². The smallest absolute Gasteiger partial charge is 0.254 e. The second-order valence-electron chi connectivity index (χ2n) is 12.3. The molecule has 3 heterocycles. The highest BCUT2D eigenvalue weighted by atomic mass is 16.2. The molecule has 6 heteroatoms. The van der Waals surface area contributed by atoms with Crippen LogP contribution in [0.4, 0.5) is 5.69 Å². The number of benzene rings is 2. The molecule has 2 amide bonds. The third kappa shape index (κ3) is 5.20. The average Bonchev–Trinajstić information content (AvgIpc) is 3.68. The minimum atomic E-state index is 0.181. The largest absolute Gasteiger partial charge is 0.371 e. The number of nitrogens with zero attached hydrogens (tertiary/aromatic N) is 3. The average molecular weight is 515 g/mol. The number of likely N-dealkylation sites (tertiary alicyclic amines) is 2. The van der Waals surface area contributed by atoms with Crippen molar-refractivity contribution < 1.29 is 9.59 Å². The number of rotatable bonds is 8. The summed E-state index contributed by atoms with van der Waals surface area (Å²) in [5.41, 5.74) is 5.65. The third-order valence-electron chi connectivity index (χ3n) is 9.58. The van der Waals surface area contributed by atoms with Crippen molar-refractivity contribution in [3.8, 4) is 0 Å². The Kier molecular flexibility index (Phi) is 7.17. The highest BCUT2D eigenvalue weighted by Crippen LogP contribution is 2.37. The Labute approximate surface area is 227 Å². The number of nitrogens with one attached hydrogen (secondary N) is 1. The first-order chi connectivity index (χ1) is 18.4.